The normalized spacial score (nSPS) is 16.1. The lowest BCUT2D eigenvalue weighted by Gasteiger charge is -2.18. The molecule has 0 radical (unpaired) electrons. The number of nitrogens with one attached hydrogen (secondary N) is 1. The summed E-state index contributed by atoms with van der Waals surface area (Å²) >= 11 is 4.93. The van der Waals surface area contributed by atoms with Gasteiger partial charge in [0.25, 0.3) is 5.91 Å². The van der Waals surface area contributed by atoms with Crippen LogP contribution < -0.4 is 5.32 Å². The van der Waals surface area contributed by atoms with Crippen molar-refractivity contribution in [2.75, 3.05) is 0 Å². The Balaban J connectivity index is 1.77. The molecule has 1 aromatic heterocycles. The first kappa shape index (κ1) is 12.9. The Morgan fingerprint density at radius 3 is 2.63 bits per heavy atom. The maximum Gasteiger partial charge on any atom is 0.252 e. The monoisotopic (exact) mass is 335 g/mol. The van der Waals surface area contributed by atoms with E-state index in [0.717, 1.165) is 9.35 Å². The van der Waals surface area contributed by atoms with Gasteiger partial charge < -0.3 is 5.32 Å². The highest BCUT2D eigenvalue weighted by molar-refractivity contribution is 9.11. The molecule has 1 aliphatic carbocycles. The molecule has 4 heteroatoms. The zero-order valence-corrected chi connectivity index (χ0v) is 12.7. The van der Waals surface area contributed by atoms with Crippen molar-refractivity contribution in [3.05, 3.63) is 56.7 Å². The van der Waals surface area contributed by atoms with Crippen molar-refractivity contribution in [2.45, 2.75) is 18.9 Å². The molecule has 1 N–H and O–H groups in total. The van der Waals surface area contributed by atoms with E-state index in [1.54, 1.807) is 0 Å². The van der Waals surface area contributed by atoms with Gasteiger partial charge in [0, 0.05) is 5.38 Å². The Hall–Kier alpha value is -1.13. The lowest BCUT2D eigenvalue weighted by atomic mass is 10.0. The van der Waals surface area contributed by atoms with Gasteiger partial charge in [-0.3, -0.25) is 4.79 Å². The molecule has 19 heavy (non-hydrogen) atoms. The number of thiophene rings is 1. The molecule has 1 fully saturated rings. The highest BCUT2D eigenvalue weighted by Crippen LogP contribution is 2.41. The van der Waals surface area contributed by atoms with Gasteiger partial charge in [-0.2, -0.15) is 0 Å². The topological polar surface area (TPSA) is 29.1 Å². The van der Waals surface area contributed by atoms with Crippen molar-refractivity contribution in [2.24, 2.45) is 5.92 Å². The molecule has 3 rings (SSSR count). The molecule has 1 saturated carbocycles. The Morgan fingerprint density at radius 1 is 1.32 bits per heavy atom. The number of carbonyl (C=O) groups is 1. The van der Waals surface area contributed by atoms with Crippen LogP contribution in [0.4, 0.5) is 0 Å². The van der Waals surface area contributed by atoms with E-state index < -0.39 is 0 Å². The molecule has 0 bridgehead atoms. The number of carbonyl (C=O) groups excluding carboxylic acids is 1. The van der Waals surface area contributed by atoms with E-state index in [-0.39, 0.29) is 11.9 Å². The summed E-state index contributed by atoms with van der Waals surface area (Å²) in [7, 11) is 0. The third kappa shape index (κ3) is 3.07. The van der Waals surface area contributed by atoms with Crippen LogP contribution in [0.15, 0.2) is 45.6 Å². The van der Waals surface area contributed by atoms with Crippen molar-refractivity contribution in [3.63, 3.8) is 0 Å². The highest BCUT2D eigenvalue weighted by atomic mass is 79.9. The number of hydrogen-bond acceptors (Lipinski definition) is 2. The van der Waals surface area contributed by atoms with Gasteiger partial charge in [0.15, 0.2) is 0 Å². The van der Waals surface area contributed by atoms with Gasteiger partial charge in [0.05, 0.1) is 15.4 Å². The third-order valence-corrected chi connectivity index (χ3v) is 4.87. The molecule has 0 spiro atoms. The molecule has 0 saturated heterocycles. The summed E-state index contributed by atoms with van der Waals surface area (Å²) in [6.07, 6.45) is 2.40. The van der Waals surface area contributed by atoms with Gasteiger partial charge in [-0.1, -0.05) is 30.3 Å². The van der Waals surface area contributed by atoms with E-state index >= 15 is 0 Å². The van der Waals surface area contributed by atoms with E-state index in [1.807, 2.05) is 29.6 Å². The van der Waals surface area contributed by atoms with E-state index in [9.17, 15) is 4.79 Å². The van der Waals surface area contributed by atoms with Crippen molar-refractivity contribution in [1.29, 1.82) is 0 Å². The fraction of sp³-hybridized carbons (Fsp3) is 0.267. The molecule has 1 aliphatic rings. The van der Waals surface area contributed by atoms with Crippen LogP contribution in [0, 0.1) is 5.92 Å². The van der Waals surface area contributed by atoms with Crippen LogP contribution in [0.2, 0.25) is 0 Å². The lowest BCUT2D eigenvalue weighted by molar-refractivity contribution is 0.0932. The molecule has 0 aliphatic heterocycles. The molecule has 1 amide bonds. The molecular formula is C15H14BrNOS. The summed E-state index contributed by atoms with van der Waals surface area (Å²) in [6.45, 7) is 0. The third-order valence-electron chi connectivity index (χ3n) is 3.37. The van der Waals surface area contributed by atoms with Crippen molar-refractivity contribution in [3.8, 4) is 0 Å². The zero-order valence-electron chi connectivity index (χ0n) is 10.3. The Kier molecular flexibility index (Phi) is 3.71. The number of rotatable bonds is 4. The Bertz CT molecular complexity index is 577. The quantitative estimate of drug-likeness (QED) is 0.881. The highest BCUT2D eigenvalue weighted by Gasteiger charge is 2.33. The summed E-state index contributed by atoms with van der Waals surface area (Å²) < 4.78 is 0.986. The van der Waals surface area contributed by atoms with Crippen LogP contribution in [0.25, 0.3) is 0 Å². The summed E-state index contributed by atoms with van der Waals surface area (Å²) in [5.41, 5.74) is 1.94. The standard InChI is InChI=1S/C15H14BrNOS/c16-13-8-12(9-19-13)15(18)17-14(11-6-7-11)10-4-2-1-3-5-10/h1-5,8-9,11,14H,6-7H2,(H,17,18). The molecular weight excluding hydrogens is 322 g/mol. The molecule has 1 aromatic carbocycles. The largest absolute Gasteiger partial charge is 0.345 e. The van der Waals surface area contributed by atoms with Gasteiger partial charge in [-0.25, -0.2) is 0 Å². The van der Waals surface area contributed by atoms with Crippen molar-refractivity contribution >= 4 is 33.2 Å². The second kappa shape index (κ2) is 5.47. The molecule has 98 valence electrons. The van der Waals surface area contributed by atoms with Crippen molar-refractivity contribution < 1.29 is 4.79 Å². The average Bonchev–Trinajstić information content (AvgIpc) is 3.18. The minimum Gasteiger partial charge on any atom is -0.345 e. The Morgan fingerprint density at radius 2 is 2.05 bits per heavy atom. The predicted molar refractivity (Wildman–Crippen MR) is 81.4 cm³/mol. The predicted octanol–water partition coefficient (Wildman–Crippen LogP) is 4.39. The maximum atomic E-state index is 12.2. The molecule has 1 atom stereocenters. The molecule has 2 nitrogen and oxygen atoms in total. The van der Waals surface area contributed by atoms with Crippen molar-refractivity contribution in [1.82, 2.24) is 5.32 Å². The van der Waals surface area contributed by atoms with Crippen LogP contribution >= 0.6 is 27.3 Å². The smallest absolute Gasteiger partial charge is 0.252 e. The maximum absolute atomic E-state index is 12.2. The first-order chi connectivity index (χ1) is 9.24. The fourth-order valence-corrected chi connectivity index (χ4v) is 3.35. The fourth-order valence-electron chi connectivity index (χ4n) is 2.22. The van der Waals surface area contributed by atoms with E-state index in [2.05, 4.69) is 33.4 Å². The number of amides is 1. The summed E-state index contributed by atoms with van der Waals surface area (Å²) in [5, 5.41) is 5.06. The summed E-state index contributed by atoms with van der Waals surface area (Å²) in [6, 6.07) is 12.3. The first-order valence-corrected chi connectivity index (χ1v) is 8.01. The van der Waals surface area contributed by atoms with Gasteiger partial charge in [0.2, 0.25) is 0 Å². The minimum absolute atomic E-state index is 0.0164. The number of benzene rings is 1. The molecule has 2 aromatic rings. The molecule has 1 heterocycles. The number of halogens is 1. The van der Waals surface area contributed by atoms with Gasteiger partial charge >= 0.3 is 0 Å². The SMILES string of the molecule is O=C(NC(c1ccccc1)C1CC1)c1csc(Br)c1. The van der Waals surface area contributed by atoms with Crippen LogP contribution in [0.3, 0.4) is 0 Å². The average molecular weight is 336 g/mol. The van der Waals surface area contributed by atoms with E-state index in [1.165, 1.54) is 29.7 Å². The van der Waals surface area contributed by atoms with E-state index in [4.69, 9.17) is 0 Å². The van der Waals surface area contributed by atoms with Crippen LogP contribution in [-0.4, -0.2) is 5.91 Å². The van der Waals surface area contributed by atoms with Gasteiger partial charge in [0.1, 0.15) is 0 Å². The van der Waals surface area contributed by atoms with Crippen LogP contribution in [0.1, 0.15) is 34.8 Å². The van der Waals surface area contributed by atoms with Gasteiger partial charge in [-0.05, 0) is 46.3 Å². The van der Waals surface area contributed by atoms with E-state index in [0.29, 0.717) is 5.92 Å². The second-order valence-corrected chi connectivity index (χ2v) is 7.13. The van der Waals surface area contributed by atoms with Crippen LogP contribution in [-0.2, 0) is 0 Å². The first-order valence-electron chi connectivity index (χ1n) is 6.34. The number of hydrogen-bond donors (Lipinski definition) is 1. The van der Waals surface area contributed by atoms with Gasteiger partial charge in [-0.15, -0.1) is 11.3 Å². The summed E-state index contributed by atoms with van der Waals surface area (Å²) in [5.74, 6) is 0.608. The molecule has 1 unspecified atom stereocenters. The lowest BCUT2D eigenvalue weighted by Crippen LogP contribution is -2.29. The Labute approximate surface area is 125 Å². The summed E-state index contributed by atoms with van der Waals surface area (Å²) in [4.78, 5) is 12.2. The van der Waals surface area contributed by atoms with Crippen LogP contribution in [0.5, 0.6) is 0 Å². The minimum atomic E-state index is 0.0164. The zero-order chi connectivity index (χ0) is 13.2. The second-order valence-electron chi connectivity index (χ2n) is 4.84.